The van der Waals surface area contributed by atoms with E-state index < -0.39 is 0 Å². The first-order valence-electron chi connectivity index (χ1n) is 10.2. The summed E-state index contributed by atoms with van der Waals surface area (Å²) in [4.78, 5) is 26.2. The zero-order chi connectivity index (χ0) is 18.1. The summed E-state index contributed by atoms with van der Waals surface area (Å²) in [6.45, 7) is 5.04. The highest BCUT2D eigenvalue weighted by Crippen LogP contribution is 2.42. The number of hydrogen-bond acceptors (Lipinski definition) is 5. The summed E-state index contributed by atoms with van der Waals surface area (Å²) < 4.78 is 0. The van der Waals surface area contributed by atoms with Crippen molar-refractivity contribution in [1.29, 1.82) is 0 Å². The van der Waals surface area contributed by atoms with Crippen LogP contribution in [0.3, 0.4) is 0 Å². The highest BCUT2D eigenvalue weighted by Gasteiger charge is 2.43. The average molecular weight is 358 g/mol. The summed E-state index contributed by atoms with van der Waals surface area (Å²) in [7, 11) is 1.86. The van der Waals surface area contributed by atoms with E-state index in [1.54, 1.807) is 0 Å². The second-order valence-electron chi connectivity index (χ2n) is 8.39. The highest BCUT2D eigenvalue weighted by molar-refractivity contribution is 5.77. The molecule has 26 heavy (non-hydrogen) atoms. The molecule has 6 heteroatoms. The first-order valence-corrected chi connectivity index (χ1v) is 10.2. The molecule has 1 N–H and O–H groups in total. The van der Waals surface area contributed by atoms with Crippen molar-refractivity contribution in [2.75, 3.05) is 36.9 Å². The summed E-state index contributed by atoms with van der Waals surface area (Å²) >= 11 is 0. The van der Waals surface area contributed by atoms with Gasteiger partial charge in [0.1, 0.15) is 5.82 Å². The SMILES string of the molecule is CNc1nc(C)cc(N2CCC3(CCC(=O)N(C4CCCC4)C3)CC2)n1. The number of carbonyl (C=O) groups is 1. The lowest BCUT2D eigenvalue weighted by Gasteiger charge is -2.49. The van der Waals surface area contributed by atoms with Crippen molar-refractivity contribution < 1.29 is 4.79 Å². The Morgan fingerprint density at radius 1 is 1.15 bits per heavy atom. The van der Waals surface area contributed by atoms with E-state index in [2.05, 4.69) is 31.2 Å². The van der Waals surface area contributed by atoms with Crippen molar-refractivity contribution in [2.45, 2.75) is 64.3 Å². The molecule has 1 aliphatic carbocycles. The van der Waals surface area contributed by atoms with Crippen LogP contribution in [-0.2, 0) is 4.79 Å². The van der Waals surface area contributed by atoms with Crippen LogP contribution < -0.4 is 10.2 Å². The summed E-state index contributed by atoms with van der Waals surface area (Å²) in [6, 6.07) is 2.59. The standard InChI is InChI=1S/C20H31N5O/c1-15-13-17(23-19(21-2)22-15)24-11-9-20(10-12-24)8-7-18(26)25(14-20)16-5-3-4-6-16/h13,16H,3-12,14H2,1-2H3,(H,21,22,23). The zero-order valence-corrected chi connectivity index (χ0v) is 16.1. The summed E-state index contributed by atoms with van der Waals surface area (Å²) in [6.07, 6.45) is 9.11. The van der Waals surface area contributed by atoms with Crippen molar-refractivity contribution in [2.24, 2.45) is 5.41 Å². The number of anilines is 2. The van der Waals surface area contributed by atoms with E-state index >= 15 is 0 Å². The Morgan fingerprint density at radius 3 is 2.58 bits per heavy atom. The molecule has 1 aromatic rings. The molecule has 1 amide bonds. The van der Waals surface area contributed by atoms with Gasteiger partial charge in [0.2, 0.25) is 11.9 Å². The third-order valence-corrected chi connectivity index (χ3v) is 6.67. The van der Waals surface area contributed by atoms with Crippen LogP contribution >= 0.6 is 0 Å². The first-order chi connectivity index (χ1) is 12.6. The number of hydrogen-bond donors (Lipinski definition) is 1. The number of aromatic nitrogens is 2. The lowest BCUT2D eigenvalue weighted by Crippen LogP contribution is -2.54. The van der Waals surface area contributed by atoms with Gasteiger partial charge in [0.15, 0.2) is 0 Å². The number of nitrogens with zero attached hydrogens (tertiary/aromatic N) is 4. The number of aryl methyl sites for hydroxylation is 1. The topological polar surface area (TPSA) is 61.4 Å². The Morgan fingerprint density at radius 2 is 1.88 bits per heavy atom. The van der Waals surface area contributed by atoms with Crippen LogP contribution in [0.2, 0.25) is 0 Å². The Kier molecular flexibility index (Phi) is 4.76. The normalized spacial score (nSPS) is 23.7. The molecule has 3 heterocycles. The van der Waals surface area contributed by atoms with Crippen molar-refractivity contribution in [3.8, 4) is 0 Å². The van der Waals surface area contributed by atoms with Crippen molar-refractivity contribution >= 4 is 17.7 Å². The molecule has 2 aliphatic heterocycles. The fourth-order valence-electron chi connectivity index (χ4n) is 5.04. The Labute approximate surface area is 156 Å². The molecule has 6 nitrogen and oxygen atoms in total. The molecule has 3 fully saturated rings. The van der Waals surface area contributed by atoms with Crippen molar-refractivity contribution in [3.05, 3.63) is 11.8 Å². The molecule has 1 aromatic heterocycles. The summed E-state index contributed by atoms with van der Waals surface area (Å²) in [5.74, 6) is 2.11. The van der Waals surface area contributed by atoms with Crippen molar-refractivity contribution in [1.82, 2.24) is 14.9 Å². The summed E-state index contributed by atoms with van der Waals surface area (Å²) in [5.41, 5.74) is 1.32. The lowest BCUT2D eigenvalue weighted by atomic mass is 9.72. The van der Waals surface area contributed by atoms with Gasteiger partial charge < -0.3 is 15.1 Å². The van der Waals surface area contributed by atoms with E-state index in [1.807, 2.05) is 14.0 Å². The number of rotatable bonds is 3. The Hall–Kier alpha value is -1.85. The predicted molar refractivity (Wildman–Crippen MR) is 103 cm³/mol. The largest absolute Gasteiger partial charge is 0.357 e. The molecule has 0 bridgehead atoms. The minimum atomic E-state index is 0.320. The molecule has 142 valence electrons. The molecular formula is C20H31N5O. The maximum absolute atomic E-state index is 12.5. The maximum Gasteiger partial charge on any atom is 0.224 e. The number of amides is 1. The van der Waals surface area contributed by atoms with Gasteiger partial charge in [-0.15, -0.1) is 0 Å². The fourth-order valence-corrected chi connectivity index (χ4v) is 5.04. The molecule has 1 saturated carbocycles. The molecule has 0 atom stereocenters. The third-order valence-electron chi connectivity index (χ3n) is 6.67. The van der Waals surface area contributed by atoms with E-state index in [9.17, 15) is 4.79 Å². The van der Waals surface area contributed by atoms with Gasteiger partial charge in [0.05, 0.1) is 0 Å². The number of carbonyl (C=O) groups excluding carboxylic acids is 1. The van der Waals surface area contributed by atoms with Gasteiger partial charge in [-0.1, -0.05) is 12.8 Å². The van der Waals surface area contributed by atoms with Crippen LogP contribution in [0.4, 0.5) is 11.8 Å². The highest BCUT2D eigenvalue weighted by atomic mass is 16.2. The second kappa shape index (κ2) is 7.05. The number of nitrogens with one attached hydrogen (secondary N) is 1. The van der Waals surface area contributed by atoms with Gasteiger partial charge in [0.25, 0.3) is 0 Å². The molecule has 0 radical (unpaired) electrons. The molecule has 3 aliphatic rings. The van der Waals surface area contributed by atoms with Crippen molar-refractivity contribution in [3.63, 3.8) is 0 Å². The van der Waals surface area contributed by atoms with Crippen LogP contribution in [0.15, 0.2) is 6.07 Å². The number of piperidine rings is 2. The van der Waals surface area contributed by atoms with Gasteiger partial charge in [-0.25, -0.2) is 4.98 Å². The molecule has 0 unspecified atom stereocenters. The smallest absolute Gasteiger partial charge is 0.224 e. The quantitative estimate of drug-likeness (QED) is 0.901. The Balaban J connectivity index is 1.44. The van der Waals surface area contributed by atoms with E-state index in [0.29, 0.717) is 23.3 Å². The van der Waals surface area contributed by atoms with E-state index in [-0.39, 0.29) is 0 Å². The van der Waals surface area contributed by atoms with E-state index in [1.165, 1.54) is 25.7 Å². The maximum atomic E-state index is 12.5. The van der Waals surface area contributed by atoms with Gasteiger partial charge in [0, 0.05) is 50.9 Å². The van der Waals surface area contributed by atoms with Gasteiger partial charge in [-0.05, 0) is 44.4 Å². The lowest BCUT2D eigenvalue weighted by molar-refractivity contribution is -0.141. The predicted octanol–water partition coefficient (Wildman–Crippen LogP) is 2.98. The third kappa shape index (κ3) is 3.38. The van der Waals surface area contributed by atoms with Crippen LogP contribution in [0.5, 0.6) is 0 Å². The van der Waals surface area contributed by atoms with E-state index in [4.69, 9.17) is 0 Å². The van der Waals surface area contributed by atoms with Crippen LogP contribution in [0.1, 0.15) is 57.1 Å². The van der Waals surface area contributed by atoms with Gasteiger partial charge >= 0.3 is 0 Å². The molecular weight excluding hydrogens is 326 g/mol. The van der Waals surface area contributed by atoms with E-state index in [0.717, 1.165) is 56.8 Å². The minimum absolute atomic E-state index is 0.320. The molecule has 0 aromatic carbocycles. The Bertz CT molecular complexity index is 662. The first kappa shape index (κ1) is 17.6. The summed E-state index contributed by atoms with van der Waals surface area (Å²) in [5, 5.41) is 3.05. The van der Waals surface area contributed by atoms with Gasteiger partial charge in [-0.3, -0.25) is 4.79 Å². The molecule has 4 rings (SSSR count). The monoisotopic (exact) mass is 357 g/mol. The zero-order valence-electron chi connectivity index (χ0n) is 16.1. The molecule has 1 spiro atoms. The number of likely N-dealkylation sites (tertiary alicyclic amines) is 1. The average Bonchev–Trinajstić information content (AvgIpc) is 3.18. The van der Waals surface area contributed by atoms with Crippen LogP contribution in [-0.4, -0.2) is 53.5 Å². The van der Waals surface area contributed by atoms with Gasteiger partial charge in [-0.2, -0.15) is 4.98 Å². The minimum Gasteiger partial charge on any atom is -0.357 e. The fraction of sp³-hybridized carbons (Fsp3) is 0.750. The molecule has 2 saturated heterocycles. The van der Waals surface area contributed by atoms with Crippen LogP contribution in [0.25, 0.3) is 0 Å². The van der Waals surface area contributed by atoms with Crippen LogP contribution in [0, 0.1) is 12.3 Å². The second-order valence-corrected chi connectivity index (χ2v) is 8.39.